The zero-order valence-corrected chi connectivity index (χ0v) is 12.2. The molecule has 1 aliphatic heterocycles. The Morgan fingerprint density at radius 1 is 1.26 bits per heavy atom. The SMILES string of the molecule is CN(CC1CC2CCC1C2)C(=O)CCC1CCNC1. The van der Waals surface area contributed by atoms with Gasteiger partial charge >= 0.3 is 0 Å². The maximum absolute atomic E-state index is 12.2. The first-order valence-corrected chi connectivity index (χ1v) is 8.17. The van der Waals surface area contributed by atoms with Gasteiger partial charge in [0.2, 0.25) is 5.91 Å². The van der Waals surface area contributed by atoms with Crippen LogP contribution in [0, 0.1) is 23.7 Å². The summed E-state index contributed by atoms with van der Waals surface area (Å²) in [6.45, 7) is 3.27. The average Bonchev–Trinajstić information content (AvgIpc) is 3.12. The van der Waals surface area contributed by atoms with Crippen LogP contribution in [-0.4, -0.2) is 37.5 Å². The standard InChI is InChI=1S/C16H28N2O/c1-18(11-15-9-13-2-4-14(15)8-13)16(19)5-3-12-6-7-17-10-12/h12-15,17H,2-11H2,1H3. The van der Waals surface area contributed by atoms with E-state index in [-0.39, 0.29) is 0 Å². The van der Waals surface area contributed by atoms with E-state index in [9.17, 15) is 4.79 Å². The van der Waals surface area contributed by atoms with Crippen molar-refractivity contribution in [1.29, 1.82) is 0 Å². The molecule has 1 amide bonds. The Morgan fingerprint density at radius 3 is 2.79 bits per heavy atom. The van der Waals surface area contributed by atoms with Gasteiger partial charge < -0.3 is 10.2 Å². The maximum Gasteiger partial charge on any atom is 0.222 e. The summed E-state index contributed by atoms with van der Waals surface area (Å²) in [6.07, 6.45) is 8.79. The molecule has 1 N–H and O–H groups in total. The maximum atomic E-state index is 12.2. The van der Waals surface area contributed by atoms with Crippen LogP contribution in [0.4, 0.5) is 0 Å². The number of carbonyl (C=O) groups is 1. The van der Waals surface area contributed by atoms with Gasteiger partial charge in [0.1, 0.15) is 0 Å². The lowest BCUT2D eigenvalue weighted by atomic mass is 9.88. The molecule has 4 unspecified atom stereocenters. The average molecular weight is 264 g/mol. The van der Waals surface area contributed by atoms with Gasteiger partial charge in [-0.2, -0.15) is 0 Å². The first kappa shape index (κ1) is 13.4. The molecule has 3 nitrogen and oxygen atoms in total. The summed E-state index contributed by atoms with van der Waals surface area (Å²) in [5.74, 6) is 3.83. The summed E-state index contributed by atoms with van der Waals surface area (Å²) in [4.78, 5) is 14.2. The van der Waals surface area contributed by atoms with Crippen LogP contribution >= 0.6 is 0 Å². The number of hydrogen-bond donors (Lipinski definition) is 1. The largest absolute Gasteiger partial charge is 0.345 e. The first-order valence-electron chi connectivity index (χ1n) is 8.17. The van der Waals surface area contributed by atoms with Gasteiger partial charge in [0.05, 0.1) is 0 Å². The second-order valence-corrected chi connectivity index (χ2v) is 7.11. The predicted molar refractivity (Wildman–Crippen MR) is 76.8 cm³/mol. The molecular weight excluding hydrogens is 236 g/mol. The molecule has 4 atom stereocenters. The van der Waals surface area contributed by atoms with Crippen LogP contribution in [0.1, 0.15) is 44.9 Å². The molecule has 0 aromatic heterocycles. The van der Waals surface area contributed by atoms with E-state index in [0.717, 1.165) is 56.1 Å². The fourth-order valence-corrected chi connectivity index (χ4v) is 4.53. The van der Waals surface area contributed by atoms with Crippen molar-refractivity contribution in [2.24, 2.45) is 23.7 Å². The van der Waals surface area contributed by atoms with Crippen molar-refractivity contribution in [2.45, 2.75) is 44.9 Å². The van der Waals surface area contributed by atoms with Crippen LogP contribution in [0.25, 0.3) is 0 Å². The quantitative estimate of drug-likeness (QED) is 0.826. The highest BCUT2D eigenvalue weighted by molar-refractivity contribution is 5.75. The Bertz CT molecular complexity index is 325. The lowest BCUT2D eigenvalue weighted by Gasteiger charge is -2.27. The molecular formula is C16H28N2O. The Morgan fingerprint density at radius 2 is 2.16 bits per heavy atom. The number of nitrogens with zero attached hydrogens (tertiary/aromatic N) is 1. The van der Waals surface area contributed by atoms with Gasteiger partial charge in [-0.05, 0) is 68.9 Å². The van der Waals surface area contributed by atoms with E-state index in [1.165, 1.54) is 32.1 Å². The molecule has 108 valence electrons. The highest BCUT2D eigenvalue weighted by atomic mass is 16.2. The molecule has 3 rings (SSSR count). The number of fused-ring (bicyclic) bond motifs is 2. The van der Waals surface area contributed by atoms with E-state index < -0.39 is 0 Å². The molecule has 0 radical (unpaired) electrons. The van der Waals surface area contributed by atoms with Crippen LogP contribution in [0.5, 0.6) is 0 Å². The Labute approximate surface area is 117 Å². The Balaban J connectivity index is 1.39. The Hall–Kier alpha value is -0.570. The fraction of sp³-hybridized carbons (Fsp3) is 0.938. The molecule has 1 saturated heterocycles. The third-order valence-corrected chi connectivity index (χ3v) is 5.75. The molecule has 2 aliphatic carbocycles. The van der Waals surface area contributed by atoms with Crippen molar-refractivity contribution in [1.82, 2.24) is 10.2 Å². The van der Waals surface area contributed by atoms with Gasteiger partial charge in [-0.1, -0.05) is 6.42 Å². The molecule has 1 heterocycles. The van der Waals surface area contributed by atoms with Crippen molar-refractivity contribution in [3.8, 4) is 0 Å². The van der Waals surface area contributed by atoms with Crippen molar-refractivity contribution in [2.75, 3.05) is 26.7 Å². The van der Waals surface area contributed by atoms with Crippen molar-refractivity contribution in [3.63, 3.8) is 0 Å². The summed E-state index contributed by atoms with van der Waals surface area (Å²) >= 11 is 0. The number of amides is 1. The summed E-state index contributed by atoms with van der Waals surface area (Å²) in [7, 11) is 2.02. The van der Waals surface area contributed by atoms with E-state index in [4.69, 9.17) is 0 Å². The molecule has 0 aromatic rings. The van der Waals surface area contributed by atoms with Crippen molar-refractivity contribution >= 4 is 5.91 Å². The van der Waals surface area contributed by atoms with Crippen LogP contribution in [0.3, 0.4) is 0 Å². The second-order valence-electron chi connectivity index (χ2n) is 7.11. The van der Waals surface area contributed by atoms with Crippen LogP contribution < -0.4 is 5.32 Å². The summed E-state index contributed by atoms with van der Waals surface area (Å²) in [5, 5.41) is 3.38. The topological polar surface area (TPSA) is 32.3 Å². The third kappa shape index (κ3) is 3.13. The van der Waals surface area contributed by atoms with Crippen molar-refractivity contribution < 1.29 is 4.79 Å². The number of nitrogens with one attached hydrogen (secondary N) is 1. The third-order valence-electron chi connectivity index (χ3n) is 5.75. The minimum absolute atomic E-state index is 0.370. The Kier molecular flexibility index (Phi) is 4.11. The van der Waals surface area contributed by atoms with E-state index >= 15 is 0 Å². The van der Waals surface area contributed by atoms with Gasteiger partial charge in [-0.15, -0.1) is 0 Å². The van der Waals surface area contributed by atoms with E-state index in [1.807, 2.05) is 11.9 Å². The van der Waals surface area contributed by atoms with Crippen molar-refractivity contribution in [3.05, 3.63) is 0 Å². The summed E-state index contributed by atoms with van der Waals surface area (Å²) < 4.78 is 0. The molecule has 3 aliphatic rings. The molecule has 2 bridgehead atoms. The number of rotatable bonds is 5. The molecule has 2 saturated carbocycles. The minimum Gasteiger partial charge on any atom is -0.345 e. The predicted octanol–water partition coefficient (Wildman–Crippen LogP) is 2.27. The normalized spacial score (nSPS) is 36.9. The number of hydrogen-bond acceptors (Lipinski definition) is 2. The van der Waals surface area contributed by atoms with E-state index in [0.29, 0.717) is 5.91 Å². The summed E-state index contributed by atoms with van der Waals surface area (Å²) in [6, 6.07) is 0. The molecule has 19 heavy (non-hydrogen) atoms. The van der Waals surface area contributed by atoms with Crippen LogP contribution in [-0.2, 0) is 4.79 Å². The first-order chi connectivity index (χ1) is 9.22. The summed E-state index contributed by atoms with van der Waals surface area (Å²) in [5.41, 5.74) is 0. The monoisotopic (exact) mass is 264 g/mol. The van der Waals surface area contributed by atoms with Gasteiger partial charge in [-0.25, -0.2) is 0 Å². The zero-order chi connectivity index (χ0) is 13.2. The van der Waals surface area contributed by atoms with Crippen LogP contribution in [0.15, 0.2) is 0 Å². The van der Waals surface area contributed by atoms with E-state index in [1.54, 1.807) is 0 Å². The lowest BCUT2D eigenvalue weighted by Crippen LogP contribution is -2.33. The van der Waals surface area contributed by atoms with E-state index in [2.05, 4.69) is 5.32 Å². The molecule has 3 heteroatoms. The smallest absolute Gasteiger partial charge is 0.222 e. The van der Waals surface area contributed by atoms with Gasteiger partial charge in [0.25, 0.3) is 0 Å². The molecule has 0 spiro atoms. The second kappa shape index (κ2) is 5.82. The lowest BCUT2D eigenvalue weighted by molar-refractivity contribution is -0.131. The highest BCUT2D eigenvalue weighted by Crippen LogP contribution is 2.48. The van der Waals surface area contributed by atoms with Crippen LogP contribution in [0.2, 0.25) is 0 Å². The van der Waals surface area contributed by atoms with Gasteiger partial charge in [0, 0.05) is 20.0 Å². The number of carbonyl (C=O) groups excluding carboxylic acids is 1. The highest BCUT2D eigenvalue weighted by Gasteiger charge is 2.40. The zero-order valence-electron chi connectivity index (χ0n) is 12.2. The molecule has 0 aromatic carbocycles. The van der Waals surface area contributed by atoms with Gasteiger partial charge in [-0.3, -0.25) is 4.79 Å². The van der Waals surface area contributed by atoms with Gasteiger partial charge in [0.15, 0.2) is 0 Å². The minimum atomic E-state index is 0.370. The fourth-order valence-electron chi connectivity index (χ4n) is 4.53. The molecule has 3 fully saturated rings.